The van der Waals surface area contributed by atoms with Gasteiger partial charge in [-0.2, -0.15) is 13.2 Å². The molecule has 4 nitrogen and oxygen atoms in total. The van der Waals surface area contributed by atoms with Crippen molar-refractivity contribution in [1.29, 1.82) is 0 Å². The predicted molar refractivity (Wildman–Crippen MR) is 50.8 cm³/mol. The Kier molecular flexibility index (Phi) is 3.51. The number of hydrogen-bond acceptors (Lipinski definition) is 3. The third kappa shape index (κ3) is 3.08. The molecule has 0 aliphatic heterocycles. The second kappa shape index (κ2) is 4.47. The van der Waals surface area contributed by atoms with E-state index in [2.05, 4.69) is 31.4 Å². The van der Waals surface area contributed by atoms with Gasteiger partial charge in [0.1, 0.15) is 17.9 Å². The largest absolute Gasteiger partial charge is 0.433 e. The van der Waals surface area contributed by atoms with Crippen LogP contribution in [0.25, 0.3) is 0 Å². The second-order valence-electron chi connectivity index (χ2n) is 2.41. The van der Waals surface area contributed by atoms with Crippen LogP contribution in [0.15, 0.2) is 21.8 Å². The van der Waals surface area contributed by atoms with Gasteiger partial charge in [0.25, 0.3) is 0 Å². The first-order valence-corrected chi connectivity index (χ1v) is 4.40. The molecule has 0 radical (unpaired) electrons. The van der Waals surface area contributed by atoms with E-state index in [9.17, 15) is 13.2 Å². The Bertz CT molecular complexity index is 380. The number of halogens is 4. The maximum atomic E-state index is 12.2. The zero-order valence-electron chi connectivity index (χ0n) is 7.09. The van der Waals surface area contributed by atoms with Crippen molar-refractivity contribution in [1.82, 2.24) is 4.98 Å². The van der Waals surface area contributed by atoms with Gasteiger partial charge in [-0.05, 0) is 28.1 Å². The minimum Gasteiger partial charge on any atom is -0.410 e. The van der Waals surface area contributed by atoms with E-state index in [0.717, 1.165) is 12.4 Å². The van der Waals surface area contributed by atoms with Crippen LogP contribution in [-0.4, -0.2) is 16.5 Å². The molecule has 0 aromatic carbocycles. The Morgan fingerprint density at radius 3 is 2.67 bits per heavy atom. The molecule has 0 amide bonds. The average Bonchev–Trinajstić information content (AvgIpc) is 2.15. The number of aromatic nitrogens is 1. The normalized spacial score (nSPS) is 12.0. The highest BCUT2D eigenvalue weighted by atomic mass is 79.9. The summed E-state index contributed by atoms with van der Waals surface area (Å²) in [5, 5.41) is 13.0. The number of pyridine rings is 1. The summed E-state index contributed by atoms with van der Waals surface area (Å²) in [6, 6.07) is 2.04. The summed E-state index contributed by atoms with van der Waals surface area (Å²) in [6.07, 6.45) is -3.69. The molecule has 82 valence electrons. The minimum absolute atomic E-state index is 0.0809. The molecular formula is C7H5BrF3N3O. The molecule has 1 aromatic rings. The molecule has 8 heteroatoms. The predicted octanol–water partition coefficient (Wildman–Crippen LogP) is 2.69. The molecule has 1 aromatic heterocycles. The molecule has 0 fully saturated rings. The van der Waals surface area contributed by atoms with Crippen LogP contribution >= 0.6 is 15.9 Å². The third-order valence-electron chi connectivity index (χ3n) is 1.40. The van der Waals surface area contributed by atoms with Gasteiger partial charge in [0.15, 0.2) is 0 Å². The number of nitrogens with zero attached hydrogens (tertiary/aromatic N) is 2. The molecule has 0 unspecified atom stereocenters. The molecule has 0 aliphatic rings. The fraction of sp³-hybridized carbons (Fsp3) is 0.143. The summed E-state index contributed by atoms with van der Waals surface area (Å²) in [5.41, 5.74) is -1.03. The highest BCUT2D eigenvalue weighted by molar-refractivity contribution is 9.10. The topological polar surface area (TPSA) is 57.5 Å². The number of oxime groups is 1. The van der Waals surface area contributed by atoms with Crippen molar-refractivity contribution in [2.24, 2.45) is 5.16 Å². The first kappa shape index (κ1) is 11.8. The molecular weight excluding hydrogens is 279 g/mol. The lowest BCUT2D eigenvalue weighted by atomic mass is 10.3. The maximum absolute atomic E-state index is 12.2. The van der Waals surface area contributed by atoms with Gasteiger partial charge in [-0.3, -0.25) is 0 Å². The van der Waals surface area contributed by atoms with E-state index in [0.29, 0.717) is 4.47 Å². The van der Waals surface area contributed by atoms with Crippen LogP contribution in [0.5, 0.6) is 0 Å². The highest BCUT2D eigenvalue weighted by Gasteiger charge is 2.32. The first-order valence-electron chi connectivity index (χ1n) is 3.61. The lowest BCUT2D eigenvalue weighted by molar-refractivity contribution is -0.141. The van der Waals surface area contributed by atoms with Crippen molar-refractivity contribution in [3.05, 3.63) is 22.3 Å². The van der Waals surface area contributed by atoms with E-state index < -0.39 is 11.9 Å². The number of nitrogens with one attached hydrogen (secondary N) is 1. The van der Waals surface area contributed by atoms with Crippen LogP contribution in [0.2, 0.25) is 0 Å². The Labute approximate surface area is 90.9 Å². The highest BCUT2D eigenvalue weighted by Crippen LogP contribution is 2.30. The molecule has 0 spiro atoms. The van der Waals surface area contributed by atoms with Crippen molar-refractivity contribution in [2.75, 3.05) is 5.32 Å². The van der Waals surface area contributed by atoms with Gasteiger partial charge in [-0.25, -0.2) is 4.98 Å². The summed E-state index contributed by atoms with van der Waals surface area (Å²) in [7, 11) is 0. The molecule has 1 rings (SSSR count). The maximum Gasteiger partial charge on any atom is 0.433 e. The molecule has 1 heterocycles. The second-order valence-corrected chi connectivity index (χ2v) is 3.27. The molecule has 0 aliphatic carbocycles. The summed E-state index contributed by atoms with van der Waals surface area (Å²) in [5.74, 6) is -0.0809. The van der Waals surface area contributed by atoms with Gasteiger partial charge in [0, 0.05) is 0 Å². The van der Waals surface area contributed by atoms with Crippen molar-refractivity contribution >= 4 is 28.1 Å². The summed E-state index contributed by atoms with van der Waals surface area (Å²) in [6.45, 7) is 0. The summed E-state index contributed by atoms with van der Waals surface area (Å²) >= 11 is 2.99. The van der Waals surface area contributed by atoms with Crippen molar-refractivity contribution in [3.8, 4) is 0 Å². The molecule has 0 saturated carbocycles. The Balaban J connectivity index is 3.05. The van der Waals surface area contributed by atoms with Crippen molar-refractivity contribution in [2.45, 2.75) is 6.18 Å². The number of rotatable bonds is 2. The average molecular weight is 284 g/mol. The summed E-state index contributed by atoms with van der Waals surface area (Å²) in [4.78, 5) is 3.30. The third-order valence-corrected chi connectivity index (χ3v) is 2.04. The zero-order valence-corrected chi connectivity index (χ0v) is 8.67. The van der Waals surface area contributed by atoms with Gasteiger partial charge in [0.05, 0.1) is 4.47 Å². The van der Waals surface area contributed by atoms with E-state index in [1.807, 2.05) is 0 Å². The van der Waals surface area contributed by atoms with E-state index >= 15 is 0 Å². The van der Waals surface area contributed by atoms with E-state index in [-0.39, 0.29) is 5.82 Å². The van der Waals surface area contributed by atoms with Gasteiger partial charge in [0.2, 0.25) is 0 Å². The van der Waals surface area contributed by atoms with Crippen molar-refractivity contribution in [3.63, 3.8) is 0 Å². The van der Waals surface area contributed by atoms with Crippen LogP contribution < -0.4 is 5.32 Å². The quantitative estimate of drug-likeness (QED) is 0.380. The van der Waals surface area contributed by atoms with Crippen LogP contribution in [0.4, 0.5) is 19.0 Å². The van der Waals surface area contributed by atoms with Gasteiger partial charge in [-0.1, -0.05) is 5.16 Å². The fourth-order valence-electron chi connectivity index (χ4n) is 0.791. The Hall–Kier alpha value is -1.31. The lowest BCUT2D eigenvalue weighted by Gasteiger charge is -2.08. The van der Waals surface area contributed by atoms with Crippen molar-refractivity contribution < 1.29 is 18.4 Å². The summed E-state index contributed by atoms with van der Waals surface area (Å²) < 4.78 is 37.0. The SMILES string of the molecule is ON=CNc1nc(C(F)(F)F)ccc1Br. The van der Waals surface area contributed by atoms with E-state index in [1.165, 1.54) is 6.07 Å². The monoisotopic (exact) mass is 283 g/mol. The standard InChI is InChI=1S/C7H5BrF3N3O/c8-4-1-2-5(7(9,10)11)14-6(4)12-3-13-15/h1-3,15H,(H,12,13,14). The minimum atomic E-state index is -4.51. The first-order chi connectivity index (χ1) is 6.95. The smallest absolute Gasteiger partial charge is 0.410 e. The van der Waals surface area contributed by atoms with E-state index in [1.54, 1.807) is 0 Å². The Morgan fingerprint density at radius 2 is 2.13 bits per heavy atom. The number of alkyl halides is 3. The van der Waals surface area contributed by atoms with Crippen LogP contribution in [0.3, 0.4) is 0 Å². The lowest BCUT2D eigenvalue weighted by Crippen LogP contribution is -2.10. The zero-order chi connectivity index (χ0) is 11.5. The van der Waals surface area contributed by atoms with E-state index in [4.69, 9.17) is 5.21 Å². The molecule has 2 N–H and O–H groups in total. The number of hydrogen-bond donors (Lipinski definition) is 2. The fourth-order valence-corrected chi connectivity index (χ4v) is 1.13. The number of anilines is 1. The molecule has 15 heavy (non-hydrogen) atoms. The Morgan fingerprint density at radius 1 is 1.47 bits per heavy atom. The van der Waals surface area contributed by atoms with Crippen LogP contribution in [0.1, 0.15) is 5.69 Å². The molecule has 0 atom stereocenters. The molecule has 0 bridgehead atoms. The molecule has 0 saturated heterocycles. The van der Waals surface area contributed by atoms with Crippen LogP contribution in [-0.2, 0) is 6.18 Å². The van der Waals surface area contributed by atoms with Gasteiger partial charge in [-0.15, -0.1) is 0 Å². The van der Waals surface area contributed by atoms with Gasteiger partial charge < -0.3 is 10.5 Å². The van der Waals surface area contributed by atoms with Crippen LogP contribution in [0, 0.1) is 0 Å². The van der Waals surface area contributed by atoms with Gasteiger partial charge >= 0.3 is 6.18 Å².